The number of rotatable bonds is 6. The fourth-order valence-electron chi connectivity index (χ4n) is 5.09. The number of aliphatic hydroxyl groups is 1. The average molecular weight is 478 g/mol. The van der Waals surface area contributed by atoms with Crippen LogP contribution in [0.15, 0.2) is 35.3 Å². The van der Waals surface area contributed by atoms with Gasteiger partial charge in [0.1, 0.15) is 23.1 Å². The summed E-state index contributed by atoms with van der Waals surface area (Å²) in [5, 5.41) is 22.2. The van der Waals surface area contributed by atoms with E-state index in [2.05, 4.69) is 20.2 Å². The molecule has 1 saturated carbocycles. The fraction of sp³-hybridized carbons (Fsp3) is 0.440. The van der Waals surface area contributed by atoms with E-state index in [1.807, 2.05) is 11.0 Å². The van der Waals surface area contributed by atoms with Crippen molar-refractivity contribution in [1.29, 1.82) is 5.26 Å². The van der Waals surface area contributed by atoms with E-state index >= 15 is 0 Å². The molecule has 0 radical (unpaired) electrons. The standard InChI is InChI=1S/C25H28FN7O2/c26-21-14-19(5-6-22(21)32-9-7-31(8-10-32)11-12-34)29-25-28-16-18-13-17(15-27)24(35)33(23(18)30-25)20-3-1-2-4-20/h5-6,13-14,16,20,34H,1-4,7-12H2,(H,28,29,30). The predicted molar refractivity (Wildman–Crippen MR) is 131 cm³/mol. The number of β-amino-alcohol motifs (C(OH)–C–C–N with tert-alkyl or cyclic N) is 1. The highest BCUT2D eigenvalue weighted by atomic mass is 19.1. The molecule has 2 fully saturated rings. The minimum atomic E-state index is -0.340. The number of nitriles is 1. The summed E-state index contributed by atoms with van der Waals surface area (Å²) in [5.41, 5.74) is 1.29. The number of pyridine rings is 1. The lowest BCUT2D eigenvalue weighted by Crippen LogP contribution is -2.47. The van der Waals surface area contributed by atoms with E-state index in [-0.39, 0.29) is 35.5 Å². The summed E-state index contributed by atoms with van der Waals surface area (Å²) in [6.07, 6.45) is 5.41. The van der Waals surface area contributed by atoms with Crippen LogP contribution in [0.2, 0.25) is 0 Å². The molecule has 3 aromatic rings. The number of nitrogens with zero attached hydrogens (tertiary/aromatic N) is 6. The van der Waals surface area contributed by atoms with Gasteiger partial charge in [0.25, 0.3) is 5.56 Å². The number of anilines is 3. The van der Waals surface area contributed by atoms with Crippen LogP contribution >= 0.6 is 0 Å². The van der Waals surface area contributed by atoms with Gasteiger partial charge >= 0.3 is 0 Å². The average Bonchev–Trinajstić information content (AvgIpc) is 3.39. The summed E-state index contributed by atoms with van der Waals surface area (Å²) in [4.78, 5) is 26.0. The second kappa shape index (κ2) is 9.98. The Morgan fingerprint density at radius 2 is 1.94 bits per heavy atom. The molecule has 10 heteroatoms. The minimum Gasteiger partial charge on any atom is -0.395 e. The monoisotopic (exact) mass is 477 g/mol. The Bertz CT molecular complexity index is 1320. The zero-order chi connectivity index (χ0) is 24.4. The number of fused-ring (bicyclic) bond motifs is 1. The Morgan fingerprint density at radius 3 is 2.63 bits per heavy atom. The molecule has 182 valence electrons. The van der Waals surface area contributed by atoms with E-state index in [0.717, 1.165) is 38.8 Å². The molecule has 0 bridgehead atoms. The molecule has 9 nitrogen and oxygen atoms in total. The molecule has 0 atom stereocenters. The topological polar surface area (TPSA) is 110 Å². The molecule has 2 aliphatic rings. The molecular formula is C25H28FN7O2. The molecule has 35 heavy (non-hydrogen) atoms. The van der Waals surface area contributed by atoms with Gasteiger partial charge in [0.2, 0.25) is 5.95 Å². The van der Waals surface area contributed by atoms with Gasteiger partial charge in [-0.25, -0.2) is 9.37 Å². The van der Waals surface area contributed by atoms with Gasteiger partial charge in [0.05, 0.1) is 12.3 Å². The Hall–Kier alpha value is -3.55. The quantitative estimate of drug-likeness (QED) is 0.558. The largest absolute Gasteiger partial charge is 0.395 e. The van der Waals surface area contributed by atoms with E-state index < -0.39 is 0 Å². The molecule has 3 heterocycles. The molecule has 1 aliphatic heterocycles. The third kappa shape index (κ3) is 4.70. The van der Waals surface area contributed by atoms with Crippen molar-refractivity contribution < 1.29 is 9.50 Å². The van der Waals surface area contributed by atoms with Crippen LogP contribution in [0.4, 0.5) is 21.7 Å². The third-order valence-corrected chi connectivity index (χ3v) is 6.92. The van der Waals surface area contributed by atoms with Crippen LogP contribution in [0, 0.1) is 17.1 Å². The molecule has 1 aliphatic carbocycles. The lowest BCUT2D eigenvalue weighted by molar-refractivity contribution is 0.188. The second-order valence-electron chi connectivity index (χ2n) is 9.10. The first-order valence-corrected chi connectivity index (χ1v) is 12.0. The van der Waals surface area contributed by atoms with Gasteiger partial charge in [-0.1, -0.05) is 12.8 Å². The first-order valence-electron chi connectivity index (χ1n) is 12.0. The van der Waals surface area contributed by atoms with Gasteiger partial charge in [-0.3, -0.25) is 14.3 Å². The Labute approximate surface area is 202 Å². The number of aromatic nitrogens is 3. The van der Waals surface area contributed by atoms with E-state index in [9.17, 15) is 14.4 Å². The van der Waals surface area contributed by atoms with Crippen LogP contribution < -0.4 is 15.8 Å². The molecule has 0 unspecified atom stereocenters. The van der Waals surface area contributed by atoms with Crippen molar-refractivity contribution in [3.63, 3.8) is 0 Å². The van der Waals surface area contributed by atoms with Gasteiger partial charge in [-0.05, 0) is 37.1 Å². The van der Waals surface area contributed by atoms with E-state index in [4.69, 9.17) is 5.11 Å². The lowest BCUT2D eigenvalue weighted by Gasteiger charge is -2.36. The van der Waals surface area contributed by atoms with Crippen LogP contribution in [0.5, 0.6) is 0 Å². The zero-order valence-electron chi connectivity index (χ0n) is 19.5. The Morgan fingerprint density at radius 1 is 1.17 bits per heavy atom. The van der Waals surface area contributed by atoms with Crippen LogP contribution in [-0.2, 0) is 0 Å². The van der Waals surface area contributed by atoms with Gasteiger partial charge in [0, 0.05) is 56.0 Å². The predicted octanol–water partition coefficient (Wildman–Crippen LogP) is 2.78. The minimum absolute atomic E-state index is 0.00984. The van der Waals surface area contributed by atoms with Crippen molar-refractivity contribution in [2.24, 2.45) is 0 Å². The number of benzene rings is 1. The number of nitrogens with one attached hydrogen (secondary N) is 1. The van der Waals surface area contributed by atoms with E-state index in [1.165, 1.54) is 12.1 Å². The van der Waals surface area contributed by atoms with Crippen molar-refractivity contribution in [3.05, 3.63) is 52.2 Å². The van der Waals surface area contributed by atoms with Crippen molar-refractivity contribution in [1.82, 2.24) is 19.4 Å². The molecule has 2 aromatic heterocycles. The second-order valence-corrected chi connectivity index (χ2v) is 9.10. The summed E-state index contributed by atoms with van der Waals surface area (Å²) in [5.74, 6) is -0.0777. The van der Waals surface area contributed by atoms with Crippen molar-refractivity contribution in [3.8, 4) is 6.07 Å². The molecule has 1 saturated heterocycles. The summed E-state index contributed by atoms with van der Waals surface area (Å²) in [6.45, 7) is 3.71. The summed E-state index contributed by atoms with van der Waals surface area (Å²) >= 11 is 0. The van der Waals surface area contributed by atoms with Crippen LogP contribution in [0.1, 0.15) is 37.3 Å². The normalized spacial score (nSPS) is 17.1. The maximum Gasteiger partial charge on any atom is 0.270 e. The molecular weight excluding hydrogens is 449 g/mol. The summed E-state index contributed by atoms with van der Waals surface area (Å²) in [7, 11) is 0. The number of hydrogen-bond acceptors (Lipinski definition) is 8. The Kier molecular flexibility index (Phi) is 6.61. The third-order valence-electron chi connectivity index (χ3n) is 6.92. The highest BCUT2D eigenvalue weighted by Gasteiger charge is 2.23. The van der Waals surface area contributed by atoms with Crippen LogP contribution in [0.3, 0.4) is 0 Å². The first kappa shape index (κ1) is 23.2. The van der Waals surface area contributed by atoms with Crippen LogP contribution in [-0.4, -0.2) is 63.9 Å². The molecule has 2 N–H and O–H groups in total. The van der Waals surface area contributed by atoms with E-state index in [1.54, 1.807) is 22.9 Å². The summed E-state index contributed by atoms with van der Waals surface area (Å²) < 4.78 is 16.6. The smallest absolute Gasteiger partial charge is 0.270 e. The fourth-order valence-corrected chi connectivity index (χ4v) is 5.09. The van der Waals surface area contributed by atoms with Crippen molar-refractivity contribution >= 4 is 28.4 Å². The zero-order valence-corrected chi connectivity index (χ0v) is 19.5. The van der Waals surface area contributed by atoms with Gasteiger partial charge in [0.15, 0.2) is 0 Å². The van der Waals surface area contributed by atoms with Crippen LogP contribution in [0.25, 0.3) is 11.0 Å². The molecule has 0 spiro atoms. The first-order chi connectivity index (χ1) is 17.1. The van der Waals surface area contributed by atoms with Crippen molar-refractivity contribution in [2.45, 2.75) is 31.7 Å². The highest BCUT2D eigenvalue weighted by Crippen LogP contribution is 2.31. The molecule has 1 aromatic carbocycles. The number of hydrogen-bond donors (Lipinski definition) is 2. The number of halogens is 1. The number of aliphatic hydroxyl groups excluding tert-OH is 1. The Balaban J connectivity index is 1.40. The van der Waals surface area contributed by atoms with Gasteiger partial charge < -0.3 is 15.3 Å². The maximum atomic E-state index is 15.0. The highest BCUT2D eigenvalue weighted by molar-refractivity contribution is 5.77. The molecule has 5 rings (SSSR count). The van der Waals surface area contributed by atoms with Gasteiger partial charge in [-0.15, -0.1) is 0 Å². The molecule has 0 amide bonds. The maximum absolute atomic E-state index is 15.0. The number of piperazine rings is 1. The van der Waals surface area contributed by atoms with Crippen molar-refractivity contribution in [2.75, 3.05) is 49.5 Å². The summed E-state index contributed by atoms with van der Waals surface area (Å²) in [6, 6.07) is 8.48. The van der Waals surface area contributed by atoms with Gasteiger partial charge in [-0.2, -0.15) is 10.2 Å². The lowest BCUT2D eigenvalue weighted by atomic mass is 10.2. The van der Waals surface area contributed by atoms with E-state index in [0.29, 0.717) is 42.0 Å². The SMILES string of the molecule is N#Cc1cc2cnc(Nc3ccc(N4CCN(CCO)CC4)c(F)c3)nc2n(C2CCCC2)c1=O.